The number of ether oxygens (including phenoxy) is 2. The van der Waals surface area contributed by atoms with Gasteiger partial charge in [-0.3, -0.25) is 0 Å². The van der Waals surface area contributed by atoms with Crippen molar-refractivity contribution >= 4 is 16.7 Å². The van der Waals surface area contributed by atoms with Crippen molar-refractivity contribution in [1.29, 1.82) is 0 Å². The molecule has 0 unspecified atom stereocenters. The van der Waals surface area contributed by atoms with Gasteiger partial charge in [0.15, 0.2) is 5.82 Å². The third kappa shape index (κ3) is 2.75. The van der Waals surface area contributed by atoms with Crippen LogP contribution < -0.4 is 5.32 Å². The Morgan fingerprint density at radius 1 is 1.35 bits per heavy atom. The van der Waals surface area contributed by atoms with E-state index in [1.54, 1.807) is 14.2 Å². The number of nitrogens with one attached hydrogen (secondary N) is 1. The van der Waals surface area contributed by atoms with Gasteiger partial charge in [0.05, 0.1) is 6.61 Å². The summed E-state index contributed by atoms with van der Waals surface area (Å²) >= 11 is 1.39. The van der Waals surface area contributed by atoms with Crippen LogP contribution in [0.5, 0.6) is 0 Å². The van der Waals surface area contributed by atoms with Gasteiger partial charge in [-0.25, -0.2) is 4.98 Å². The van der Waals surface area contributed by atoms with Gasteiger partial charge >= 0.3 is 0 Å². The van der Waals surface area contributed by atoms with Crippen molar-refractivity contribution in [3.63, 3.8) is 0 Å². The lowest BCUT2D eigenvalue weighted by molar-refractivity contribution is -0.0152. The molecule has 2 rings (SSSR count). The molecule has 1 aliphatic carbocycles. The number of methoxy groups -OCH3 is 2. The number of nitrogens with zero attached hydrogens (tertiary/aromatic N) is 2. The summed E-state index contributed by atoms with van der Waals surface area (Å²) in [4.78, 5) is 4.52. The van der Waals surface area contributed by atoms with Crippen molar-refractivity contribution in [2.75, 3.05) is 32.7 Å². The quantitative estimate of drug-likeness (QED) is 0.790. The fraction of sp³-hybridized carbons (Fsp3) is 0.818. The molecule has 0 radical (unpaired) electrons. The van der Waals surface area contributed by atoms with Crippen LogP contribution in [-0.2, 0) is 15.1 Å². The van der Waals surface area contributed by atoms with E-state index in [1.165, 1.54) is 24.4 Å². The van der Waals surface area contributed by atoms with Crippen molar-refractivity contribution in [3.8, 4) is 0 Å². The molecular weight excluding hydrogens is 238 g/mol. The molecule has 1 saturated carbocycles. The molecular formula is C11H19N3O2S. The Kier molecular flexibility index (Phi) is 4.31. The van der Waals surface area contributed by atoms with E-state index >= 15 is 0 Å². The van der Waals surface area contributed by atoms with Gasteiger partial charge in [-0.15, -0.1) is 0 Å². The smallest absolute Gasteiger partial charge is 0.202 e. The Bertz CT molecular complexity index is 350. The summed E-state index contributed by atoms with van der Waals surface area (Å²) in [5.74, 6) is 0.836. The van der Waals surface area contributed by atoms with E-state index in [9.17, 15) is 0 Å². The van der Waals surface area contributed by atoms with Crippen molar-refractivity contribution in [3.05, 3.63) is 5.82 Å². The summed E-state index contributed by atoms with van der Waals surface area (Å²) in [6.07, 6.45) is 4.44. The highest BCUT2D eigenvalue weighted by Crippen LogP contribution is 2.40. The lowest BCUT2D eigenvalue weighted by Gasteiger charge is -2.23. The Morgan fingerprint density at radius 3 is 2.76 bits per heavy atom. The average molecular weight is 257 g/mol. The summed E-state index contributed by atoms with van der Waals surface area (Å²) in [7, 11) is 3.44. The van der Waals surface area contributed by atoms with Gasteiger partial charge < -0.3 is 14.8 Å². The standard InChI is InChI=1S/C11H19N3O2S/c1-15-8-7-12-10-13-9(14-17-10)11(16-2)5-3-4-6-11/h3-8H2,1-2H3,(H,12,13,14). The van der Waals surface area contributed by atoms with Gasteiger partial charge in [-0.2, -0.15) is 4.37 Å². The number of aromatic nitrogens is 2. The number of anilines is 1. The minimum absolute atomic E-state index is 0.238. The normalized spacial score (nSPS) is 18.5. The molecule has 0 aliphatic heterocycles. The highest BCUT2D eigenvalue weighted by Gasteiger charge is 2.39. The SMILES string of the molecule is COCCNc1nc(C2(OC)CCCC2)ns1. The van der Waals surface area contributed by atoms with Gasteiger partial charge in [-0.05, 0) is 25.7 Å². The van der Waals surface area contributed by atoms with Crippen LogP contribution in [0.2, 0.25) is 0 Å². The molecule has 1 N–H and O–H groups in total. The summed E-state index contributed by atoms with van der Waals surface area (Å²) in [5, 5.41) is 4.04. The third-order valence-electron chi connectivity index (χ3n) is 3.22. The molecule has 1 aliphatic rings. The Morgan fingerprint density at radius 2 is 2.12 bits per heavy atom. The molecule has 0 atom stereocenters. The first-order valence-corrected chi connectivity index (χ1v) is 6.70. The molecule has 96 valence electrons. The van der Waals surface area contributed by atoms with E-state index in [-0.39, 0.29) is 5.60 Å². The summed E-state index contributed by atoms with van der Waals surface area (Å²) in [6.45, 7) is 1.43. The molecule has 0 saturated heterocycles. The molecule has 0 amide bonds. The van der Waals surface area contributed by atoms with Gasteiger partial charge in [0.2, 0.25) is 5.13 Å². The zero-order valence-electron chi connectivity index (χ0n) is 10.4. The molecule has 6 heteroatoms. The van der Waals surface area contributed by atoms with Crippen molar-refractivity contribution in [2.45, 2.75) is 31.3 Å². The molecule has 1 heterocycles. The van der Waals surface area contributed by atoms with Crippen molar-refractivity contribution in [2.24, 2.45) is 0 Å². The van der Waals surface area contributed by atoms with E-state index in [2.05, 4.69) is 14.7 Å². The lowest BCUT2D eigenvalue weighted by atomic mass is 10.0. The molecule has 17 heavy (non-hydrogen) atoms. The second-order valence-corrected chi connectivity index (χ2v) is 5.00. The number of hydrogen-bond donors (Lipinski definition) is 1. The van der Waals surface area contributed by atoms with E-state index in [4.69, 9.17) is 9.47 Å². The van der Waals surface area contributed by atoms with E-state index < -0.39 is 0 Å². The minimum Gasteiger partial charge on any atom is -0.383 e. The van der Waals surface area contributed by atoms with Crippen LogP contribution >= 0.6 is 11.5 Å². The predicted molar refractivity (Wildman–Crippen MR) is 67.4 cm³/mol. The lowest BCUT2D eigenvalue weighted by Crippen LogP contribution is -2.26. The fourth-order valence-corrected chi connectivity index (χ4v) is 2.88. The number of rotatable bonds is 6. The molecule has 1 fully saturated rings. The van der Waals surface area contributed by atoms with Crippen LogP contribution in [0, 0.1) is 0 Å². The van der Waals surface area contributed by atoms with Crippen molar-refractivity contribution in [1.82, 2.24) is 9.36 Å². The van der Waals surface area contributed by atoms with Crippen LogP contribution in [0.4, 0.5) is 5.13 Å². The van der Waals surface area contributed by atoms with E-state index in [1.807, 2.05) is 0 Å². The van der Waals surface area contributed by atoms with Gasteiger partial charge in [-0.1, -0.05) is 0 Å². The van der Waals surface area contributed by atoms with Crippen LogP contribution in [0.3, 0.4) is 0 Å². The monoisotopic (exact) mass is 257 g/mol. The van der Waals surface area contributed by atoms with Gasteiger partial charge in [0, 0.05) is 32.3 Å². The largest absolute Gasteiger partial charge is 0.383 e. The summed E-state index contributed by atoms with van der Waals surface area (Å²) in [5.41, 5.74) is -0.238. The minimum atomic E-state index is -0.238. The highest BCUT2D eigenvalue weighted by atomic mass is 32.1. The number of hydrogen-bond acceptors (Lipinski definition) is 6. The first kappa shape index (κ1) is 12.7. The molecule has 5 nitrogen and oxygen atoms in total. The maximum absolute atomic E-state index is 5.65. The average Bonchev–Trinajstić information content (AvgIpc) is 2.98. The maximum Gasteiger partial charge on any atom is 0.202 e. The van der Waals surface area contributed by atoms with Crippen LogP contribution in [0.15, 0.2) is 0 Å². The zero-order chi connectivity index (χ0) is 12.1. The highest BCUT2D eigenvalue weighted by molar-refractivity contribution is 7.09. The van der Waals surface area contributed by atoms with Crippen LogP contribution in [-0.4, -0.2) is 36.7 Å². The summed E-state index contributed by atoms with van der Waals surface area (Å²) in [6, 6.07) is 0. The fourth-order valence-electron chi connectivity index (χ4n) is 2.21. The van der Waals surface area contributed by atoms with Gasteiger partial charge in [0.1, 0.15) is 5.60 Å². The maximum atomic E-state index is 5.65. The van der Waals surface area contributed by atoms with E-state index in [0.29, 0.717) is 6.61 Å². The second kappa shape index (κ2) is 5.75. The molecule has 1 aromatic heterocycles. The molecule has 0 aromatic carbocycles. The van der Waals surface area contributed by atoms with Crippen LogP contribution in [0.1, 0.15) is 31.5 Å². The van der Waals surface area contributed by atoms with Gasteiger partial charge in [0.25, 0.3) is 0 Å². The molecule has 0 spiro atoms. The van der Waals surface area contributed by atoms with E-state index in [0.717, 1.165) is 30.3 Å². The van der Waals surface area contributed by atoms with Crippen molar-refractivity contribution < 1.29 is 9.47 Å². The Hall–Kier alpha value is -0.720. The predicted octanol–water partition coefficient (Wildman–Crippen LogP) is 2.01. The first-order chi connectivity index (χ1) is 8.30. The topological polar surface area (TPSA) is 56.3 Å². The van der Waals surface area contributed by atoms with Crippen LogP contribution in [0.25, 0.3) is 0 Å². The summed E-state index contributed by atoms with van der Waals surface area (Å²) < 4.78 is 15.1. The zero-order valence-corrected chi connectivity index (χ0v) is 11.2. The Labute approximate surface area is 106 Å². The first-order valence-electron chi connectivity index (χ1n) is 5.93. The molecule has 1 aromatic rings. The third-order valence-corrected chi connectivity index (χ3v) is 3.89. The Balaban J connectivity index is 2.01. The second-order valence-electron chi connectivity index (χ2n) is 4.25. The molecule has 0 bridgehead atoms.